The lowest BCUT2D eigenvalue weighted by Gasteiger charge is -2.29. The number of carbonyl (C=O) groups is 5. The number of benzene rings is 1. The maximum Gasteiger partial charge on any atom is 0.264 e. The Morgan fingerprint density at radius 2 is 1.83 bits per heavy atom. The standard InChI is InChI=1S/C21H24N4O5/c26-12-13-6-9-24(10-7-13)11-8-22-15-3-1-2-14-18(15)21(30)25(20(14)29)16-4-5-17(27)23-19(16)28/h1-3,12-13,16,22H,4-11H2,(H,23,27,28). The highest BCUT2D eigenvalue weighted by Crippen LogP contribution is 2.32. The van der Waals surface area contributed by atoms with E-state index in [1.807, 2.05) is 0 Å². The highest BCUT2D eigenvalue weighted by Gasteiger charge is 2.45. The monoisotopic (exact) mass is 412 g/mol. The first-order valence-corrected chi connectivity index (χ1v) is 10.3. The fourth-order valence-electron chi connectivity index (χ4n) is 4.32. The molecule has 2 N–H and O–H groups in total. The molecule has 1 atom stereocenters. The van der Waals surface area contributed by atoms with Crippen molar-refractivity contribution in [1.29, 1.82) is 0 Å². The van der Waals surface area contributed by atoms with Gasteiger partial charge in [0, 0.05) is 31.1 Å². The number of carbonyl (C=O) groups excluding carboxylic acids is 5. The Morgan fingerprint density at radius 3 is 2.53 bits per heavy atom. The topological polar surface area (TPSA) is 116 Å². The molecule has 0 spiro atoms. The normalized spacial score (nSPS) is 22.8. The van der Waals surface area contributed by atoms with Crippen molar-refractivity contribution in [2.45, 2.75) is 31.7 Å². The van der Waals surface area contributed by atoms with E-state index in [0.29, 0.717) is 12.2 Å². The Balaban J connectivity index is 1.43. The highest BCUT2D eigenvalue weighted by atomic mass is 16.2. The van der Waals surface area contributed by atoms with Crippen molar-refractivity contribution in [3.05, 3.63) is 29.3 Å². The molecule has 0 saturated carbocycles. The van der Waals surface area contributed by atoms with E-state index < -0.39 is 29.7 Å². The molecule has 2 saturated heterocycles. The SMILES string of the molecule is O=CC1CCN(CCNc2cccc3c2C(=O)N(C2CCC(=O)NC2=O)C3=O)CC1. The number of fused-ring (bicyclic) bond motifs is 1. The zero-order valence-electron chi connectivity index (χ0n) is 16.6. The summed E-state index contributed by atoms with van der Waals surface area (Å²) in [6.07, 6.45) is 2.97. The van der Waals surface area contributed by atoms with E-state index in [4.69, 9.17) is 0 Å². The van der Waals surface area contributed by atoms with E-state index >= 15 is 0 Å². The Bertz CT molecular complexity index is 907. The number of likely N-dealkylation sites (tertiary alicyclic amines) is 1. The van der Waals surface area contributed by atoms with E-state index in [1.54, 1.807) is 18.2 Å². The van der Waals surface area contributed by atoms with E-state index in [2.05, 4.69) is 15.5 Å². The molecule has 1 aromatic rings. The zero-order valence-corrected chi connectivity index (χ0v) is 16.6. The molecule has 4 amide bonds. The number of hydrogen-bond donors (Lipinski definition) is 2. The van der Waals surface area contributed by atoms with Crippen LogP contribution in [-0.4, -0.2) is 71.9 Å². The molecule has 2 fully saturated rings. The smallest absolute Gasteiger partial charge is 0.264 e. The van der Waals surface area contributed by atoms with Crippen molar-refractivity contribution in [2.24, 2.45) is 5.92 Å². The van der Waals surface area contributed by atoms with Crippen LogP contribution in [0.25, 0.3) is 0 Å². The molecule has 3 aliphatic rings. The molecule has 4 rings (SSSR count). The van der Waals surface area contributed by atoms with Crippen LogP contribution in [0.1, 0.15) is 46.4 Å². The van der Waals surface area contributed by atoms with Crippen molar-refractivity contribution in [2.75, 3.05) is 31.5 Å². The molecule has 0 bridgehead atoms. The summed E-state index contributed by atoms with van der Waals surface area (Å²) in [5, 5.41) is 5.44. The minimum atomic E-state index is -0.970. The predicted octanol–water partition coefficient (Wildman–Crippen LogP) is 0.411. The molecule has 0 aliphatic carbocycles. The van der Waals surface area contributed by atoms with Crippen LogP contribution < -0.4 is 10.6 Å². The first-order chi connectivity index (χ1) is 14.5. The van der Waals surface area contributed by atoms with Crippen LogP contribution >= 0.6 is 0 Å². The van der Waals surface area contributed by atoms with Crippen molar-refractivity contribution < 1.29 is 24.0 Å². The molecule has 30 heavy (non-hydrogen) atoms. The number of piperidine rings is 2. The molecule has 3 heterocycles. The Hall–Kier alpha value is -3.07. The second-order valence-electron chi connectivity index (χ2n) is 7.92. The molecule has 9 heteroatoms. The number of nitrogens with zero attached hydrogens (tertiary/aromatic N) is 2. The van der Waals surface area contributed by atoms with Gasteiger partial charge in [-0.25, -0.2) is 0 Å². The van der Waals surface area contributed by atoms with E-state index in [0.717, 1.165) is 43.7 Å². The number of hydrogen-bond acceptors (Lipinski definition) is 7. The third-order valence-electron chi connectivity index (χ3n) is 6.04. The van der Waals surface area contributed by atoms with Gasteiger partial charge < -0.3 is 15.0 Å². The summed E-state index contributed by atoms with van der Waals surface area (Å²) in [6.45, 7) is 3.06. The zero-order chi connectivity index (χ0) is 21.3. The minimum Gasteiger partial charge on any atom is -0.383 e. The van der Waals surface area contributed by atoms with Gasteiger partial charge in [0.05, 0.1) is 11.1 Å². The van der Waals surface area contributed by atoms with Crippen LogP contribution in [0.4, 0.5) is 5.69 Å². The number of nitrogens with one attached hydrogen (secondary N) is 2. The van der Waals surface area contributed by atoms with Gasteiger partial charge >= 0.3 is 0 Å². The van der Waals surface area contributed by atoms with Crippen molar-refractivity contribution in [3.8, 4) is 0 Å². The van der Waals surface area contributed by atoms with Gasteiger partial charge in [-0.3, -0.25) is 29.4 Å². The average Bonchev–Trinajstić information content (AvgIpc) is 3.00. The van der Waals surface area contributed by atoms with Gasteiger partial charge in [0.15, 0.2) is 0 Å². The van der Waals surface area contributed by atoms with Crippen LogP contribution in [0.5, 0.6) is 0 Å². The van der Waals surface area contributed by atoms with Crippen LogP contribution in [0.2, 0.25) is 0 Å². The van der Waals surface area contributed by atoms with Crippen molar-refractivity contribution in [3.63, 3.8) is 0 Å². The maximum atomic E-state index is 13.0. The summed E-state index contributed by atoms with van der Waals surface area (Å²) in [6, 6.07) is 4.06. The molecule has 1 aromatic carbocycles. The summed E-state index contributed by atoms with van der Waals surface area (Å²) in [4.78, 5) is 63.6. The number of imide groups is 2. The predicted molar refractivity (Wildman–Crippen MR) is 107 cm³/mol. The van der Waals surface area contributed by atoms with Crippen LogP contribution in [0.3, 0.4) is 0 Å². The summed E-state index contributed by atoms with van der Waals surface area (Å²) in [5.41, 5.74) is 1.09. The van der Waals surface area contributed by atoms with Crippen molar-refractivity contribution in [1.82, 2.24) is 15.1 Å². The maximum absolute atomic E-state index is 13.0. The lowest BCUT2D eigenvalue weighted by Crippen LogP contribution is -2.54. The van der Waals surface area contributed by atoms with Crippen LogP contribution in [0.15, 0.2) is 18.2 Å². The molecule has 3 aliphatic heterocycles. The first kappa shape index (κ1) is 20.2. The quantitative estimate of drug-likeness (QED) is 0.514. The van der Waals surface area contributed by atoms with E-state index in [-0.39, 0.29) is 29.9 Å². The van der Waals surface area contributed by atoms with E-state index in [9.17, 15) is 24.0 Å². The van der Waals surface area contributed by atoms with Crippen molar-refractivity contribution >= 4 is 35.6 Å². The number of amides is 4. The third-order valence-corrected chi connectivity index (χ3v) is 6.04. The Labute approximate surface area is 173 Å². The summed E-state index contributed by atoms with van der Waals surface area (Å²) >= 11 is 0. The van der Waals surface area contributed by atoms with Gasteiger partial charge in [-0.15, -0.1) is 0 Å². The molecule has 0 radical (unpaired) electrons. The van der Waals surface area contributed by atoms with Gasteiger partial charge in [-0.1, -0.05) is 6.07 Å². The van der Waals surface area contributed by atoms with Gasteiger partial charge in [-0.05, 0) is 44.5 Å². The largest absolute Gasteiger partial charge is 0.383 e. The Morgan fingerprint density at radius 1 is 1.07 bits per heavy atom. The molecule has 158 valence electrons. The fraction of sp³-hybridized carbons (Fsp3) is 0.476. The average molecular weight is 412 g/mol. The number of aldehydes is 1. The van der Waals surface area contributed by atoms with E-state index in [1.165, 1.54) is 0 Å². The first-order valence-electron chi connectivity index (χ1n) is 10.3. The molecule has 0 aromatic heterocycles. The highest BCUT2D eigenvalue weighted by molar-refractivity contribution is 6.25. The second-order valence-corrected chi connectivity index (χ2v) is 7.92. The number of rotatable bonds is 6. The molecule has 1 unspecified atom stereocenters. The lowest BCUT2D eigenvalue weighted by molar-refractivity contribution is -0.136. The van der Waals surface area contributed by atoms with Gasteiger partial charge in [-0.2, -0.15) is 0 Å². The summed E-state index contributed by atoms with van der Waals surface area (Å²) in [7, 11) is 0. The lowest BCUT2D eigenvalue weighted by atomic mass is 9.99. The second kappa shape index (κ2) is 8.35. The molecular formula is C21H24N4O5. The van der Waals surface area contributed by atoms with Crippen LogP contribution in [0, 0.1) is 5.92 Å². The Kier molecular flexibility index (Phi) is 5.63. The fourth-order valence-corrected chi connectivity index (χ4v) is 4.32. The van der Waals surface area contributed by atoms with Gasteiger partial charge in [0.2, 0.25) is 11.8 Å². The van der Waals surface area contributed by atoms with Gasteiger partial charge in [0.25, 0.3) is 11.8 Å². The third kappa shape index (κ3) is 3.72. The molecular weight excluding hydrogens is 388 g/mol. The summed E-state index contributed by atoms with van der Waals surface area (Å²) in [5.74, 6) is -1.89. The van der Waals surface area contributed by atoms with Crippen LogP contribution in [-0.2, 0) is 14.4 Å². The number of anilines is 1. The molecule has 9 nitrogen and oxygen atoms in total. The minimum absolute atomic E-state index is 0.0930. The summed E-state index contributed by atoms with van der Waals surface area (Å²) < 4.78 is 0. The van der Waals surface area contributed by atoms with Gasteiger partial charge in [0.1, 0.15) is 12.3 Å².